The van der Waals surface area contributed by atoms with E-state index in [1.54, 1.807) is 12.1 Å². The normalized spacial score (nSPS) is 12.0. The molecular formula is C20H20O2. The quantitative estimate of drug-likeness (QED) is 0.644. The second-order valence-electron chi connectivity index (χ2n) is 5.61. The largest absolute Gasteiger partial charge is 0.504 e. The van der Waals surface area contributed by atoms with Crippen molar-refractivity contribution in [2.75, 3.05) is 0 Å². The lowest BCUT2D eigenvalue weighted by atomic mass is 10.1. The minimum atomic E-state index is -0.0581. The van der Waals surface area contributed by atoms with Gasteiger partial charge in [-0.25, -0.2) is 0 Å². The zero-order valence-corrected chi connectivity index (χ0v) is 12.7. The molecule has 2 heteroatoms. The highest BCUT2D eigenvalue weighted by Gasteiger charge is 2.11. The van der Waals surface area contributed by atoms with Crippen molar-refractivity contribution < 1.29 is 10.2 Å². The van der Waals surface area contributed by atoms with Crippen LogP contribution in [0, 0.1) is 0 Å². The van der Waals surface area contributed by atoms with Crippen molar-refractivity contribution in [1.29, 1.82) is 0 Å². The minimum absolute atomic E-state index is 0.0423. The van der Waals surface area contributed by atoms with Crippen LogP contribution in [0.4, 0.5) is 0 Å². The molecule has 0 fully saturated rings. The molecule has 1 aliphatic carbocycles. The fourth-order valence-corrected chi connectivity index (χ4v) is 2.98. The Labute approximate surface area is 130 Å². The lowest BCUT2D eigenvalue weighted by Gasteiger charge is -1.99. The van der Waals surface area contributed by atoms with Gasteiger partial charge in [0, 0.05) is 0 Å². The molecule has 3 aromatic carbocycles. The van der Waals surface area contributed by atoms with Crippen molar-refractivity contribution in [3.8, 4) is 11.5 Å². The first kappa shape index (κ1) is 14.5. The predicted molar refractivity (Wildman–Crippen MR) is 90.5 cm³/mol. The molecule has 2 N–H and O–H groups in total. The summed E-state index contributed by atoms with van der Waals surface area (Å²) in [5.41, 5.74) is 4.08. The lowest BCUT2D eigenvalue weighted by Crippen LogP contribution is -1.77. The molecule has 0 unspecified atom stereocenters. The first-order valence-corrected chi connectivity index (χ1v) is 7.69. The average molecular weight is 292 g/mol. The van der Waals surface area contributed by atoms with Crippen molar-refractivity contribution in [3.63, 3.8) is 0 Å². The van der Waals surface area contributed by atoms with Gasteiger partial charge < -0.3 is 10.2 Å². The molecule has 0 radical (unpaired) electrons. The van der Waals surface area contributed by atoms with E-state index in [0.717, 1.165) is 12.0 Å². The fourth-order valence-electron chi connectivity index (χ4n) is 2.98. The Balaban J connectivity index is 0.000000134. The standard InChI is InChI=1S/C12H10.C8H10O2/c1-3-9-4-2-6-11-8-7-10(5-1)12(9)11;1-2-6-3-4-7(9)8(10)5-6/h1-6H,7-8H2;3-5,9-10H,2H2,1H3. The molecule has 0 atom stereocenters. The van der Waals surface area contributed by atoms with Crippen LogP contribution in [0.3, 0.4) is 0 Å². The molecule has 112 valence electrons. The van der Waals surface area contributed by atoms with Crippen LogP contribution in [0.5, 0.6) is 11.5 Å². The first-order chi connectivity index (χ1) is 10.7. The Morgan fingerprint density at radius 3 is 2.00 bits per heavy atom. The monoisotopic (exact) mass is 292 g/mol. The number of phenols is 2. The van der Waals surface area contributed by atoms with Crippen molar-refractivity contribution in [2.45, 2.75) is 26.2 Å². The van der Waals surface area contributed by atoms with Crippen LogP contribution in [-0.2, 0) is 19.3 Å². The van der Waals surface area contributed by atoms with Gasteiger partial charge in [0.1, 0.15) is 0 Å². The van der Waals surface area contributed by atoms with Crippen LogP contribution in [0.25, 0.3) is 10.8 Å². The van der Waals surface area contributed by atoms with Gasteiger partial charge in [-0.2, -0.15) is 0 Å². The third kappa shape index (κ3) is 2.77. The van der Waals surface area contributed by atoms with Crippen molar-refractivity contribution in [3.05, 3.63) is 71.3 Å². The molecule has 1 aliphatic rings. The Kier molecular flexibility index (Phi) is 4.01. The van der Waals surface area contributed by atoms with Gasteiger partial charge in [0.25, 0.3) is 0 Å². The van der Waals surface area contributed by atoms with Crippen LogP contribution < -0.4 is 0 Å². The van der Waals surface area contributed by atoms with Crippen LogP contribution in [0.15, 0.2) is 54.6 Å². The molecule has 2 nitrogen and oxygen atoms in total. The first-order valence-electron chi connectivity index (χ1n) is 7.69. The van der Waals surface area contributed by atoms with Gasteiger partial charge in [-0.15, -0.1) is 0 Å². The number of aryl methyl sites for hydroxylation is 3. The van der Waals surface area contributed by atoms with Crippen molar-refractivity contribution >= 4 is 10.8 Å². The minimum Gasteiger partial charge on any atom is -0.504 e. The lowest BCUT2D eigenvalue weighted by molar-refractivity contribution is 0.403. The highest BCUT2D eigenvalue weighted by molar-refractivity contribution is 5.90. The summed E-state index contributed by atoms with van der Waals surface area (Å²) in [6.45, 7) is 1.99. The molecule has 0 saturated carbocycles. The van der Waals surface area contributed by atoms with E-state index in [1.165, 1.54) is 40.8 Å². The molecule has 22 heavy (non-hydrogen) atoms. The summed E-state index contributed by atoms with van der Waals surface area (Å²) in [6, 6.07) is 18.1. The average Bonchev–Trinajstić information content (AvgIpc) is 2.97. The number of hydrogen-bond donors (Lipinski definition) is 2. The van der Waals surface area contributed by atoms with E-state index in [-0.39, 0.29) is 11.5 Å². The second kappa shape index (κ2) is 6.10. The van der Waals surface area contributed by atoms with E-state index in [4.69, 9.17) is 10.2 Å². The van der Waals surface area contributed by atoms with Crippen LogP contribution >= 0.6 is 0 Å². The highest BCUT2D eigenvalue weighted by atomic mass is 16.3. The number of benzene rings is 3. The Morgan fingerprint density at radius 1 is 0.818 bits per heavy atom. The van der Waals surface area contributed by atoms with E-state index >= 15 is 0 Å². The number of phenolic OH excluding ortho intramolecular Hbond substituents is 2. The molecule has 0 aromatic heterocycles. The Bertz CT molecular complexity index is 767. The third-order valence-corrected chi connectivity index (χ3v) is 4.19. The molecule has 4 rings (SSSR count). The van der Waals surface area contributed by atoms with Gasteiger partial charge in [-0.1, -0.05) is 49.4 Å². The second-order valence-corrected chi connectivity index (χ2v) is 5.61. The summed E-state index contributed by atoms with van der Waals surface area (Å²) >= 11 is 0. The topological polar surface area (TPSA) is 40.5 Å². The number of hydrogen-bond acceptors (Lipinski definition) is 2. The highest BCUT2D eigenvalue weighted by Crippen LogP contribution is 2.30. The maximum atomic E-state index is 8.98. The Hall–Kier alpha value is -2.48. The van der Waals surface area contributed by atoms with Gasteiger partial charge in [0.2, 0.25) is 0 Å². The fraction of sp³-hybridized carbons (Fsp3) is 0.200. The summed E-state index contributed by atoms with van der Waals surface area (Å²) in [7, 11) is 0. The summed E-state index contributed by atoms with van der Waals surface area (Å²) in [5, 5.41) is 20.8. The van der Waals surface area contributed by atoms with Crippen LogP contribution in [0.2, 0.25) is 0 Å². The molecule has 0 heterocycles. The van der Waals surface area contributed by atoms with Crippen LogP contribution in [-0.4, -0.2) is 10.2 Å². The predicted octanol–water partition coefficient (Wildman–Crippen LogP) is 4.60. The number of aromatic hydroxyl groups is 2. The van der Waals surface area contributed by atoms with Gasteiger partial charge >= 0.3 is 0 Å². The van der Waals surface area contributed by atoms with Crippen molar-refractivity contribution in [2.24, 2.45) is 0 Å². The summed E-state index contributed by atoms with van der Waals surface area (Å²) < 4.78 is 0. The van der Waals surface area contributed by atoms with Crippen LogP contribution in [0.1, 0.15) is 23.6 Å². The van der Waals surface area contributed by atoms with Gasteiger partial charge in [-0.05, 0) is 58.9 Å². The maximum absolute atomic E-state index is 8.98. The van der Waals surface area contributed by atoms with E-state index in [1.807, 2.05) is 6.92 Å². The zero-order valence-electron chi connectivity index (χ0n) is 12.7. The van der Waals surface area contributed by atoms with Gasteiger partial charge in [0.15, 0.2) is 11.5 Å². The summed E-state index contributed by atoms with van der Waals surface area (Å²) in [4.78, 5) is 0. The van der Waals surface area contributed by atoms with Gasteiger partial charge in [-0.3, -0.25) is 0 Å². The zero-order chi connectivity index (χ0) is 15.5. The van der Waals surface area contributed by atoms with Gasteiger partial charge in [0.05, 0.1) is 0 Å². The van der Waals surface area contributed by atoms with Crippen molar-refractivity contribution in [1.82, 2.24) is 0 Å². The van der Waals surface area contributed by atoms with E-state index in [9.17, 15) is 0 Å². The number of rotatable bonds is 1. The molecule has 0 amide bonds. The SMILES string of the molecule is CCc1ccc(O)c(O)c1.c1cc2c3c(cccc3c1)CC2. The molecule has 0 aliphatic heterocycles. The van der Waals surface area contributed by atoms with E-state index in [0.29, 0.717) is 0 Å². The maximum Gasteiger partial charge on any atom is 0.157 e. The smallest absolute Gasteiger partial charge is 0.157 e. The molecular weight excluding hydrogens is 272 g/mol. The van der Waals surface area contributed by atoms with E-state index < -0.39 is 0 Å². The van der Waals surface area contributed by atoms with E-state index in [2.05, 4.69) is 36.4 Å². The summed E-state index contributed by atoms with van der Waals surface area (Å²) in [5.74, 6) is -0.100. The summed E-state index contributed by atoms with van der Waals surface area (Å²) in [6.07, 6.45) is 3.33. The molecule has 0 saturated heterocycles. The molecule has 3 aromatic rings. The Morgan fingerprint density at radius 2 is 1.45 bits per heavy atom. The third-order valence-electron chi connectivity index (χ3n) is 4.19. The molecule has 0 bridgehead atoms. The molecule has 0 spiro atoms.